The molecule has 10 heteroatoms. The molecule has 0 bridgehead atoms. The van der Waals surface area contributed by atoms with E-state index in [-0.39, 0.29) is 12.5 Å². The Hall–Kier alpha value is -3.43. The first kappa shape index (κ1) is 31.1. The summed E-state index contributed by atoms with van der Waals surface area (Å²) in [6, 6.07) is 11.3. The van der Waals surface area contributed by atoms with Crippen LogP contribution in [0.1, 0.15) is 62.7 Å². The van der Waals surface area contributed by atoms with E-state index in [9.17, 15) is 9.59 Å². The van der Waals surface area contributed by atoms with Gasteiger partial charge in [0.25, 0.3) is 0 Å². The topological polar surface area (TPSA) is 98.6 Å². The van der Waals surface area contributed by atoms with Crippen LogP contribution in [0.5, 0.6) is 5.75 Å². The molecule has 0 saturated heterocycles. The maximum atomic E-state index is 12.7. The number of halogens is 1. The van der Waals surface area contributed by atoms with E-state index in [2.05, 4.69) is 15.5 Å². The molecule has 9 nitrogen and oxygen atoms in total. The second-order valence-electron chi connectivity index (χ2n) is 11.5. The SMILES string of the molecule is CNC(=O)CN(Cc1cc(C)c(OC(C)(C)C(=O)OC(C)(C)C)c(C)c1)Cc1nn(-c2ccc(Cl)cc2)nc1C. The summed E-state index contributed by atoms with van der Waals surface area (Å²) in [5.41, 5.74) is 3.34. The van der Waals surface area contributed by atoms with E-state index in [1.165, 1.54) is 0 Å². The van der Waals surface area contributed by atoms with Crippen LogP contribution in [0.25, 0.3) is 5.69 Å². The number of carbonyl (C=O) groups excluding carboxylic acids is 2. The van der Waals surface area contributed by atoms with Crippen LogP contribution in [0.2, 0.25) is 5.02 Å². The summed E-state index contributed by atoms with van der Waals surface area (Å²) in [6.45, 7) is 15.8. The van der Waals surface area contributed by atoms with Crippen molar-refractivity contribution in [3.63, 3.8) is 0 Å². The Morgan fingerprint density at radius 2 is 1.57 bits per heavy atom. The van der Waals surface area contributed by atoms with Gasteiger partial charge in [0.15, 0.2) is 5.60 Å². The van der Waals surface area contributed by atoms with Gasteiger partial charge in [-0.1, -0.05) is 23.7 Å². The Balaban J connectivity index is 1.82. The molecule has 0 fully saturated rings. The van der Waals surface area contributed by atoms with Crippen molar-refractivity contribution in [2.75, 3.05) is 13.6 Å². The average molecular weight is 570 g/mol. The number of esters is 1. The maximum Gasteiger partial charge on any atom is 0.350 e. The Morgan fingerprint density at radius 1 is 0.975 bits per heavy atom. The quantitative estimate of drug-likeness (QED) is 0.339. The van der Waals surface area contributed by atoms with E-state index in [4.69, 9.17) is 21.1 Å². The highest BCUT2D eigenvalue weighted by Crippen LogP contribution is 2.30. The molecular formula is C30H40ClN5O4. The molecule has 0 unspecified atom stereocenters. The Bertz CT molecular complexity index is 1340. The number of ether oxygens (including phenoxy) is 2. The predicted molar refractivity (Wildman–Crippen MR) is 156 cm³/mol. The Morgan fingerprint density at radius 3 is 2.12 bits per heavy atom. The zero-order valence-corrected chi connectivity index (χ0v) is 25.6. The largest absolute Gasteiger partial charge is 0.476 e. The van der Waals surface area contributed by atoms with E-state index in [0.29, 0.717) is 23.9 Å². The number of likely N-dealkylation sites (N-methyl/N-ethyl adjacent to an activating group) is 1. The van der Waals surface area contributed by atoms with Crippen LogP contribution in [0.3, 0.4) is 0 Å². The van der Waals surface area contributed by atoms with Crippen molar-refractivity contribution < 1.29 is 19.1 Å². The second-order valence-corrected chi connectivity index (χ2v) is 11.9. The van der Waals surface area contributed by atoms with Crippen molar-refractivity contribution in [2.24, 2.45) is 0 Å². The number of benzene rings is 2. The smallest absolute Gasteiger partial charge is 0.350 e. The fourth-order valence-electron chi connectivity index (χ4n) is 4.15. The number of carbonyl (C=O) groups is 2. The third kappa shape index (κ3) is 8.29. The Labute approximate surface area is 241 Å². The lowest BCUT2D eigenvalue weighted by Gasteiger charge is -2.30. The monoisotopic (exact) mass is 569 g/mol. The molecule has 0 radical (unpaired) electrons. The number of aryl methyl sites for hydroxylation is 3. The Kier molecular flexibility index (Phi) is 9.64. The highest BCUT2D eigenvalue weighted by atomic mass is 35.5. The highest BCUT2D eigenvalue weighted by molar-refractivity contribution is 6.30. The van der Waals surface area contributed by atoms with Crippen LogP contribution < -0.4 is 10.1 Å². The van der Waals surface area contributed by atoms with Gasteiger partial charge < -0.3 is 14.8 Å². The fraction of sp³-hybridized carbons (Fsp3) is 0.467. The van der Waals surface area contributed by atoms with Gasteiger partial charge in [-0.2, -0.15) is 15.0 Å². The third-order valence-electron chi connectivity index (χ3n) is 6.13. The van der Waals surface area contributed by atoms with Crippen molar-refractivity contribution >= 4 is 23.5 Å². The average Bonchev–Trinajstić information content (AvgIpc) is 3.20. The van der Waals surface area contributed by atoms with Gasteiger partial charge in [0.2, 0.25) is 5.91 Å². The molecule has 0 aliphatic rings. The van der Waals surface area contributed by atoms with Gasteiger partial charge in [-0.15, -0.1) is 0 Å². The predicted octanol–water partition coefficient (Wildman–Crippen LogP) is 5.09. The lowest BCUT2D eigenvalue weighted by molar-refractivity contribution is -0.171. The lowest BCUT2D eigenvalue weighted by Crippen LogP contribution is -2.43. The molecular weight excluding hydrogens is 530 g/mol. The molecule has 0 aliphatic heterocycles. The molecule has 216 valence electrons. The van der Waals surface area contributed by atoms with Crippen LogP contribution in [-0.2, 0) is 27.4 Å². The summed E-state index contributed by atoms with van der Waals surface area (Å²) in [7, 11) is 1.62. The number of hydrogen-bond acceptors (Lipinski definition) is 7. The number of nitrogens with one attached hydrogen (secondary N) is 1. The van der Waals surface area contributed by atoms with Crippen LogP contribution >= 0.6 is 11.6 Å². The zero-order chi connectivity index (χ0) is 29.8. The molecule has 1 N–H and O–H groups in total. The minimum absolute atomic E-state index is 0.102. The van der Waals surface area contributed by atoms with E-state index < -0.39 is 17.2 Å². The van der Waals surface area contributed by atoms with Crippen molar-refractivity contribution in [3.8, 4) is 11.4 Å². The van der Waals surface area contributed by atoms with Crippen molar-refractivity contribution in [1.29, 1.82) is 0 Å². The molecule has 0 saturated carbocycles. The van der Waals surface area contributed by atoms with Gasteiger partial charge >= 0.3 is 5.97 Å². The molecule has 1 aromatic heterocycles. The summed E-state index contributed by atoms with van der Waals surface area (Å²) < 4.78 is 11.7. The molecule has 0 spiro atoms. The molecule has 3 aromatic rings. The van der Waals surface area contributed by atoms with Crippen LogP contribution in [-0.4, -0.2) is 56.6 Å². The molecule has 0 atom stereocenters. The minimum atomic E-state index is -1.16. The molecule has 40 heavy (non-hydrogen) atoms. The minimum Gasteiger partial charge on any atom is -0.476 e. The first-order valence-electron chi connectivity index (χ1n) is 13.2. The number of rotatable bonds is 10. The van der Waals surface area contributed by atoms with E-state index in [0.717, 1.165) is 33.8 Å². The van der Waals surface area contributed by atoms with Gasteiger partial charge in [-0.05, 0) is 96.3 Å². The van der Waals surface area contributed by atoms with Crippen LogP contribution in [0, 0.1) is 20.8 Å². The molecule has 0 aliphatic carbocycles. The van der Waals surface area contributed by atoms with Crippen molar-refractivity contribution in [3.05, 3.63) is 69.5 Å². The summed E-state index contributed by atoms with van der Waals surface area (Å²) in [4.78, 5) is 28.7. The first-order valence-corrected chi connectivity index (χ1v) is 13.6. The maximum absolute atomic E-state index is 12.7. The summed E-state index contributed by atoms with van der Waals surface area (Å²) in [6.07, 6.45) is 0. The second kappa shape index (κ2) is 12.4. The van der Waals surface area contributed by atoms with Crippen LogP contribution in [0.4, 0.5) is 0 Å². The normalized spacial score (nSPS) is 12.0. The number of aromatic nitrogens is 3. The summed E-state index contributed by atoms with van der Waals surface area (Å²) in [5, 5.41) is 12.6. The molecule has 2 aromatic carbocycles. The number of hydrogen-bond donors (Lipinski definition) is 1. The van der Waals surface area contributed by atoms with E-state index in [1.54, 1.807) is 37.8 Å². The van der Waals surface area contributed by atoms with Gasteiger partial charge in [-0.25, -0.2) is 4.79 Å². The highest BCUT2D eigenvalue weighted by Gasteiger charge is 2.35. The summed E-state index contributed by atoms with van der Waals surface area (Å²) in [5.74, 6) is 0.108. The summed E-state index contributed by atoms with van der Waals surface area (Å²) >= 11 is 6.02. The standard InChI is InChI=1S/C30H40ClN5O4/c1-19-14-22(15-20(2)27(19)39-30(7,8)28(38)40-29(4,5)6)16-35(18-26(37)32-9)17-25-21(3)33-36(34-25)24-12-10-23(31)11-13-24/h10-15H,16-18H2,1-9H3,(H,32,37). The molecule has 3 rings (SSSR count). The molecule has 1 amide bonds. The van der Waals surface area contributed by atoms with Gasteiger partial charge in [0.1, 0.15) is 17.0 Å². The zero-order valence-electron chi connectivity index (χ0n) is 24.9. The lowest BCUT2D eigenvalue weighted by atomic mass is 10.0. The van der Waals surface area contributed by atoms with Crippen LogP contribution in [0.15, 0.2) is 36.4 Å². The number of amides is 1. The van der Waals surface area contributed by atoms with Gasteiger partial charge in [-0.3, -0.25) is 9.69 Å². The number of nitrogens with zero attached hydrogens (tertiary/aromatic N) is 4. The van der Waals surface area contributed by atoms with E-state index >= 15 is 0 Å². The van der Waals surface area contributed by atoms with Crippen molar-refractivity contribution in [1.82, 2.24) is 25.2 Å². The third-order valence-corrected chi connectivity index (χ3v) is 6.38. The van der Waals surface area contributed by atoms with Crippen molar-refractivity contribution in [2.45, 2.75) is 79.7 Å². The first-order chi connectivity index (χ1) is 18.6. The van der Waals surface area contributed by atoms with E-state index in [1.807, 2.05) is 70.7 Å². The molecule has 1 heterocycles. The fourth-order valence-corrected chi connectivity index (χ4v) is 4.28. The van der Waals surface area contributed by atoms with Gasteiger partial charge in [0.05, 0.1) is 17.9 Å². The van der Waals surface area contributed by atoms with Gasteiger partial charge in [0, 0.05) is 25.2 Å².